The molecule has 0 aromatic carbocycles. The van der Waals surface area contributed by atoms with Crippen LogP contribution in [0.1, 0.15) is 32.6 Å². The third kappa shape index (κ3) is 2.93. The van der Waals surface area contributed by atoms with E-state index in [-0.39, 0.29) is 6.10 Å². The lowest BCUT2D eigenvalue weighted by Gasteiger charge is -2.20. The van der Waals surface area contributed by atoms with Crippen molar-refractivity contribution in [3.05, 3.63) is 0 Å². The zero-order valence-electron chi connectivity index (χ0n) is 10.3. The van der Waals surface area contributed by atoms with Crippen LogP contribution in [0.15, 0.2) is 0 Å². The van der Waals surface area contributed by atoms with Crippen molar-refractivity contribution in [1.29, 1.82) is 0 Å². The van der Waals surface area contributed by atoms with Crippen LogP contribution in [0.4, 0.5) is 0 Å². The molecule has 2 rings (SSSR count). The molecule has 3 heteroatoms. The van der Waals surface area contributed by atoms with Gasteiger partial charge in [-0.2, -0.15) is 12.6 Å². The molecule has 1 saturated carbocycles. The molecule has 0 aromatic rings. The van der Waals surface area contributed by atoms with Crippen molar-refractivity contribution in [2.24, 2.45) is 17.8 Å². The minimum Gasteiger partial charge on any atom is -0.393 e. The molecule has 1 N–H and O–H groups in total. The van der Waals surface area contributed by atoms with E-state index in [4.69, 9.17) is 0 Å². The van der Waals surface area contributed by atoms with E-state index in [2.05, 4.69) is 24.5 Å². The summed E-state index contributed by atoms with van der Waals surface area (Å²) in [5.74, 6) is 3.17. The van der Waals surface area contributed by atoms with Crippen LogP contribution in [0.3, 0.4) is 0 Å². The van der Waals surface area contributed by atoms with Crippen LogP contribution in [0.2, 0.25) is 0 Å². The van der Waals surface area contributed by atoms with E-state index in [1.165, 1.54) is 32.4 Å². The second kappa shape index (κ2) is 5.74. The Morgan fingerprint density at radius 1 is 1.31 bits per heavy atom. The summed E-state index contributed by atoms with van der Waals surface area (Å²) in [5.41, 5.74) is 0. The molecule has 2 aliphatic rings. The average molecular weight is 243 g/mol. The lowest BCUT2D eigenvalue weighted by Crippen LogP contribution is -2.26. The second-order valence-electron chi connectivity index (χ2n) is 5.73. The van der Waals surface area contributed by atoms with Gasteiger partial charge in [-0.15, -0.1) is 0 Å². The fraction of sp³-hybridized carbons (Fsp3) is 1.00. The van der Waals surface area contributed by atoms with Crippen LogP contribution < -0.4 is 0 Å². The van der Waals surface area contributed by atoms with Gasteiger partial charge in [0.15, 0.2) is 0 Å². The summed E-state index contributed by atoms with van der Waals surface area (Å²) in [6, 6.07) is 0. The molecule has 94 valence electrons. The highest BCUT2D eigenvalue weighted by Gasteiger charge is 2.41. The van der Waals surface area contributed by atoms with E-state index in [0.717, 1.165) is 30.6 Å². The summed E-state index contributed by atoms with van der Waals surface area (Å²) in [5, 5.41) is 9.84. The number of aliphatic hydroxyl groups excluding tert-OH is 1. The molecule has 0 aromatic heterocycles. The number of fused-ring (bicyclic) bond motifs is 1. The minimum atomic E-state index is -0.00938. The first kappa shape index (κ1) is 12.7. The van der Waals surface area contributed by atoms with E-state index in [1.807, 2.05) is 0 Å². The Morgan fingerprint density at radius 3 is 2.81 bits per heavy atom. The molecule has 0 spiro atoms. The van der Waals surface area contributed by atoms with Crippen molar-refractivity contribution >= 4 is 12.6 Å². The van der Waals surface area contributed by atoms with Crippen LogP contribution >= 0.6 is 12.6 Å². The lowest BCUT2D eigenvalue weighted by atomic mass is 10.00. The smallest absolute Gasteiger partial charge is 0.0583 e. The first-order chi connectivity index (χ1) is 7.70. The fourth-order valence-corrected chi connectivity index (χ4v) is 3.72. The SMILES string of the molecule is CC(CCS)CCN1CC2CCC(O)C2C1. The highest BCUT2D eigenvalue weighted by atomic mass is 32.1. The number of aliphatic hydroxyl groups is 1. The molecule has 0 radical (unpaired) electrons. The number of likely N-dealkylation sites (tertiary alicyclic amines) is 1. The van der Waals surface area contributed by atoms with Gasteiger partial charge < -0.3 is 10.0 Å². The number of rotatable bonds is 5. The van der Waals surface area contributed by atoms with Crippen molar-refractivity contribution in [3.8, 4) is 0 Å². The van der Waals surface area contributed by atoms with Gasteiger partial charge in [0.2, 0.25) is 0 Å². The third-order valence-corrected chi connectivity index (χ3v) is 4.71. The van der Waals surface area contributed by atoms with Gasteiger partial charge >= 0.3 is 0 Å². The summed E-state index contributed by atoms with van der Waals surface area (Å²) in [6.45, 7) is 5.91. The standard InChI is InChI=1S/C13H25NOS/c1-10(5-7-16)4-6-14-8-11-2-3-13(15)12(11)9-14/h10-13,15-16H,2-9H2,1H3. The molecule has 1 heterocycles. The summed E-state index contributed by atoms with van der Waals surface area (Å²) >= 11 is 4.28. The summed E-state index contributed by atoms with van der Waals surface area (Å²) in [6.07, 6.45) is 4.79. The molecule has 16 heavy (non-hydrogen) atoms. The molecule has 1 aliphatic carbocycles. The van der Waals surface area contributed by atoms with Crippen molar-refractivity contribution in [2.45, 2.75) is 38.7 Å². The fourth-order valence-electron chi connectivity index (χ4n) is 3.28. The number of nitrogens with zero attached hydrogens (tertiary/aromatic N) is 1. The normalized spacial score (nSPS) is 36.6. The zero-order chi connectivity index (χ0) is 11.5. The largest absolute Gasteiger partial charge is 0.393 e. The van der Waals surface area contributed by atoms with Gasteiger partial charge in [-0.3, -0.25) is 0 Å². The Kier molecular flexibility index (Phi) is 4.57. The van der Waals surface area contributed by atoms with Crippen LogP contribution in [-0.4, -0.2) is 41.5 Å². The first-order valence-electron chi connectivity index (χ1n) is 6.72. The van der Waals surface area contributed by atoms with E-state index in [9.17, 15) is 5.11 Å². The van der Waals surface area contributed by atoms with Gasteiger partial charge in [0.1, 0.15) is 0 Å². The molecule has 1 saturated heterocycles. The number of hydrogen-bond donors (Lipinski definition) is 2. The lowest BCUT2D eigenvalue weighted by molar-refractivity contribution is 0.123. The first-order valence-corrected chi connectivity index (χ1v) is 7.35. The van der Waals surface area contributed by atoms with E-state index in [0.29, 0.717) is 5.92 Å². The molecule has 2 fully saturated rings. The monoisotopic (exact) mass is 243 g/mol. The number of hydrogen-bond acceptors (Lipinski definition) is 3. The minimum absolute atomic E-state index is 0.00938. The molecular weight excluding hydrogens is 218 g/mol. The van der Waals surface area contributed by atoms with Crippen molar-refractivity contribution in [2.75, 3.05) is 25.4 Å². The maximum atomic E-state index is 9.84. The summed E-state index contributed by atoms with van der Waals surface area (Å²) in [4.78, 5) is 2.56. The molecular formula is C13H25NOS. The Hall–Kier alpha value is 0.270. The van der Waals surface area contributed by atoms with Gasteiger partial charge in [0, 0.05) is 19.0 Å². The van der Waals surface area contributed by atoms with Crippen molar-refractivity contribution in [3.63, 3.8) is 0 Å². The molecule has 4 unspecified atom stereocenters. The van der Waals surface area contributed by atoms with Gasteiger partial charge in [0.25, 0.3) is 0 Å². The second-order valence-corrected chi connectivity index (χ2v) is 6.18. The predicted molar refractivity (Wildman–Crippen MR) is 70.9 cm³/mol. The van der Waals surface area contributed by atoms with E-state index < -0.39 is 0 Å². The predicted octanol–water partition coefficient (Wildman–Crippen LogP) is 2.04. The van der Waals surface area contributed by atoms with Crippen LogP contribution in [0.25, 0.3) is 0 Å². The highest BCUT2D eigenvalue weighted by molar-refractivity contribution is 7.80. The zero-order valence-corrected chi connectivity index (χ0v) is 11.2. The topological polar surface area (TPSA) is 23.5 Å². The quantitative estimate of drug-likeness (QED) is 0.722. The van der Waals surface area contributed by atoms with E-state index >= 15 is 0 Å². The van der Waals surface area contributed by atoms with Crippen LogP contribution in [0, 0.1) is 17.8 Å². The van der Waals surface area contributed by atoms with Gasteiger partial charge in [-0.1, -0.05) is 6.92 Å². The molecule has 0 bridgehead atoms. The van der Waals surface area contributed by atoms with Crippen molar-refractivity contribution in [1.82, 2.24) is 4.90 Å². The molecule has 1 aliphatic heterocycles. The Balaban J connectivity index is 1.69. The molecule has 2 nitrogen and oxygen atoms in total. The average Bonchev–Trinajstić information content (AvgIpc) is 2.79. The van der Waals surface area contributed by atoms with Crippen LogP contribution in [-0.2, 0) is 0 Å². The number of thiol groups is 1. The van der Waals surface area contributed by atoms with Crippen molar-refractivity contribution < 1.29 is 5.11 Å². The van der Waals surface area contributed by atoms with Gasteiger partial charge in [-0.25, -0.2) is 0 Å². The Morgan fingerprint density at radius 2 is 2.12 bits per heavy atom. The Labute approximate surface area is 105 Å². The maximum absolute atomic E-state index is 9.84. The molecule has 4 atom stereocenters. The van der Waals surface area contributed by atoms with Crippen LogP contribution in [0.5, 0.6) is 0 Å². The summed E-state index contributed by atoms with van der Waals surface area (Å²) < 4.78 is 0. The highest BCUT2D eigenvalue weighted by Crippen LogP contribution is 2.38. The maximum Gasteiger partial charge on any atom is 0.0583 e. The Bertz CT molecular complexity index is 224. The van der Waals surface area contributed by atoms with Gasteiger partial charge in [0.05, 0.1) is 6.10 Å². The van der Waals surface area contributed by atoms with E-state index in [1.54, 1.807) is 0 Å². The van der Waals surface area contributed by atoms with Gasteiger partial charge in [-0.05, 0) is 49.8 Å². The third-order valence-electron chi connectivity index (χ3n) is 4.45. The molecule has 0 amide bonds. The summed E-state index contributed by atoms with van der Waals surface area (Å²) in [7, 11) is 0.